The first-order valence-corrected chi connectivity index (χ1v) is 6.67. The van der Waals surface area contributed by atoms with E-state index in [0.717, 1.165) is 5.92 Å². The molecule has 0 aromatic heterocycles. The van der Waals surface area contributed by atoms with Crippen LogP contribution in [0.15, 0.2) is 24.3 Å². The Kier molecular flexibility index (Phi) is 4.06. The molecule has 2 rings (SSSR count). The third kappa shape index (κ3) is 3.47. The predicted molar refractivity (Wildman–Crippen MR) is 74.5 cm³/mol. The summed E-state index contributed by atoms with van der Waals surface area (Å²) in [5, 5.41) is 3.65. The molecule has 1 unspecified atom stereocenters. The Hall–Kier alpha value is -1.02. The average Bonchev–Trinajstić information content (AvgIpc) is 2.29. The number of nitrogens with zero attached hydrogens (tertiary/aromatic N) is 1. The van der Waals surface area contributed by atoms with E-state index in [4.69, 9.17) is 0 Å². The zero-order valence-electron chi connectivity index (χ0n) is 11.2. The monoisotopic (exact) mass is 232 g/mol. The second-order valence-electron chi connectivity index (χ2n) is 5.44. The Morgan fingerprint density at radius 3 is 2.65 bits per heavy atom. The molecule has 1 heterocycles. The lowest BCUT2D eigenvalue weighted by atomic mass is 9.90. The van der Waals surface area contributed by atoms with Crippen LogP contribution in [0.25, 0.3) is 0 Å². The van der Waals surface area contributed by atoms with Gasteiger partial charge in [-0.2, -0.15) is 0 Å². The van der Waals surface area contributed by atoms with E-state index in [0.29, 0.717) is 6.04 Å². The summed E-state index contributed by atoms with van der Waals surface area (Å²) in [6, 6.07) is 9.24. The maximum absolute atomic E-state index is 3.65. The molecule has 1 N–H and O–H groups in total. The number of piperidine rings is 1. The highest BCUT2D eigenvalue weighted by Gasteiger charge is 2.21. The van der Waals surface area contributed by atoms with Crippen molar-refractivity contribution in [1.82, 2.24) is 4.90 Å². The van der Waals surface area contributed by atoms with Crippen molar-refractivity contribution in [3.63, 3.8) is 0 Å². The van der Waals surface area contributed by atoms with Crippen molar-refractivity contribution in [3.8, 4) is 0 Å². The lowest BCUT2D eigenvalue weighted by molar-refractivity contribution is 0.208. The normalized spacial score (nSPS) is 20.2. The summed E-state index contributed by atoms with van der Waals surface area (Å²) in [7, 11) is 2.22. The Morgan fingerprint density at radius 2 is 2.00 bits per heavy atom. The number of hydrogen-bond donors (Lipinski definition) is 1. The highest BCUT2D eigenvalue weighted by Crippen LogP contribution is 2.22. The molecular weight excluding hydrogens is 208 g/mol. The van der Waals surface area contributed by atoms with Crippen molar-refractivity contribution in [1.29, 1.82) is 0 Å². The summed E-state index contributed by atoms with van der Waals surface area (Å²) in [6.07, 6.45) is 2.63. The summed E-state index contributed by atoms with van der Waals surface area (Å²) in [4.78, 5) is 2.43. The van der Waals surface area contributed by atoms with Crippen molar-refractivity contribution >= 4 is 5.69 Å². The Balaban J connectivity index is 1.90. The quantitative estimate of drug-likeness (QED) is 0.861. The van der Waals surface area contributed by atoms with Crippen molar-refractivity contribution in [2.75, 3.05) is 25.5 Å². The van der Waals surface area contributed by atoms with Gasteiger partial charge in [0, 0.05) is 11.7 Å². The fourth-order valence-corrected chi connectivity index (χ4v) is 2.64. The van der Waals surface area contributed by atoms with Crippen LogP contribution in [0.4, 0.5) is 5.69 Å². The van der Waals surface area contributed by atoms with Crippen molar-refractivity contribution in [2.45, 2.75) is 32.7 Å². The molecular formula is C15H24N2. The van der Waals surface area contributed by atoms with Gasteiger partial charge >= 0.3 is 0 Å². The van der Waals surface area contributed by atoms with Crippen LogP contribution in [0.1, 0.15) is 25.3 Å². The SMILES string of the molecule is Cc1cccc(NC(C)C2CCN(C)CC2)c1. The van der Waals surface area contributed by atoms with Gasteiger partial charge in [-0.15, -0.1) is 0 Å². The van der Waals surface area contributed by atoms with Crippen molar-refractivity contribution in [3.05, 3.63) is 29.8 Å². The second-order valence-corrected chi connectivity index (χ2v) is 5.44. The maximum Gasteiger partial charge on any atom is 0.0344 e. The summed E-state index contributed by atoms with van der Waals surface area (Å²) in [5.74, 6) is 0.812. The molecule has 1 aliphatic heterocycles. The van der Waals surface area contributed by atoms with Gasteiger partial charge in [-0.25, -0.2) is 0 Å². The topological polar surface area (TPSA) is 15.3 Å². The zero-order chi connectivity index (χ0) is 12.3. The van der Waals surface area contributed by atoms with Crippen LogP contribution in [-0.2, 0) is 0 Å². The van der Waals surface area contributed by atoms with E-state index in [1.165, 1.54) is 37.2 Å². The molecule has 1 aliphatic rings. The van der Waals surface area contributed by atoms with E-state index in [1.54, 1.807) is 0 Å². The molecule has 2 nitrogen and oxygen atoms in total. The van der Waals surface area contributed by atoms with Gasteiger partial charge in [0.1, 0.15) is 0 Å². The lowest BCUT2D eigenvalue weighted by Gasteiger charge is -2.33. The molecule has 17 heavy (non-hydrogen) atoms. The molecule has 1 aromatic carbocycles. The standard InChI is InChI=1S/C15H24N2/c1-12-5-4-6-15(11-12)16-13(2)14-7-9-17(3)10-8-14/h4-6,11,13-14,16H,7-10H2,1-3H3. The molecule has 1 atom stereocenters. The van der Waals surface area contributed by atoms with E-state index in [2.05, 4.69) is 55.4 Å². The van der Waals surface area contributed by atoms with Crippen LogP contribution >= 0.6 is 0 Å². The molecule has 0 saturated carbocycles. The first kappa shape index (κ1) is 12.4. The van der Waals surface area contributed by atoms with Gasteiger partial charge in [-0.05, 0) is 70.4 Å². The van der Waals surface area contributed by atoms with E-state index in [9.17, 15) is 0 Å². The minimum absolute atomic E-state index is 0.575. The molecule has 1 saturated heterocycles. The number of aryl methyl sites for hydroxylation is 1. The van der Waals surface area contributed by atoms with Gasteiger partial charge in [-0.1, -0.05) is 12.1 Å². The van der Waals surface area contributed by atoms with Gasteiger partial charge in [0.05, 0.1) is 0 Å². The minimum atomic E-state index is 0.575. The van der Waals surface area contributed by atoms with Crippen LogP contribution < -0.4 is 5.32 Å². The third-order valence-corrected chi connectivity index (χ3v) is 3.88. The van der Waals surface area contributed by atoms with E-state index >= 15 is 0 Å². The number of likely N-dealkylation sites (tertiary alicyclic amines) is 1. The van der Waals surface area contributed by atoms with Crippen molar-refractivity contribution in [2.24, 2.45) is 5.92 Å². The number of rotatable bonds is 3. The fourth-order valence-electron chi connectivity index (χ4n) is 2.64. The molecule has 1 aromatic rings. The van der Waals surface area contributed by atoms with Crippen LogP contribution in [0, 0.1) is 12.8 Å². The smallest absolute Gasteiger partial charge is 0.0344 e. The van der Waals surface area contributed by atoms with Gasteiger partial charge in [0.25, 0.3) is 0 Å². The first-order valence-electron chi connectivity index (χ1n) is 6.67. The van der Waals surface area contributed by atoms with Gasteiger partial charge in [0.2, 0.25) is 0 Å². The van der Waals surface area contributed by atoms with E-state index < -0.39 is 0 Å². The van der Waals surface area contributed by atoms with Crippen LogP contribution in [0.5, 0.6) is 0 Å². The Labute approximate surface area is 105 Å². The maximum atomic E-state index is 3.65. The number of benzene rings is 1. The van der Waals surface area contributed by atoms with Crippen LogP contribution in [0.3, 0.4) is 0 Å². The number of hydrogen-bond acceptors (Lipinski definition) is 2. The molecule has 0 spiro atoms. The average molecular weight is 232 g/mol. The Morgan fingerprint density at radius 1 is 1.29 bits per heavy atom. The molecule has 2 heteroatoms. The second kappa shape index (κ2) is 5.54. The number of anilines is 1. The molecule has 0 radical (unpaired) electrons. The highest BCUT2D eigenvalue weighted by atomic mass is 15.1. The van der Waals surface area contributed by atoms with Crippen LogP contribution in [0.2, 0.25) is 0 Å². The van der Waals surface area contributed by atoms with Crippen molar-refractivity contribution < 1.29 is 0 Å². The molecule has 0 amide bonds. The molecule has 1 fully saturated rings. The van der Waals surface area contributed by atoms with E-state index in [1.807, 2.05) is 0 Å². The highest BCUT2D eigenvalue weighted by molar-refractivity contribution is 5.46. The Bertz CT molecular complexity index is 354. The third-order valence-electron chi connectivity index (χ3n) is 3.88. The van der Waals surface area contributed by atoms with Gasteiger partial charge in [-0.3, -0.25) is 0 Å². The van der Waals surface area contributed by atoms with Crippen LogP contribution in [-0.4, -0.2) is 31.1 Å². The minimum Gasteiger partial charge on any atom is -0.382 e. The van der Waals surface area contributed by atoms with Gasteiger partial charge < -0.3 is 10.2 Å². The molecule has 0 aliphatic carbocycles. The molecule has 0 bridgehead atoms. The number of nitrogens with one attached hydrogen (secondary N) is 1. The summed E-state index contributed by atoms with van der Waals surface area (Å²) >= 11 is 0. The summed E-state index contributed by atoms with van der Waals surface area (Å²) < 4.78 is 0. The first-order chi connectivity index (χ1) is 8.15. The fraction of sp³-hybridized carbons (Fsp3) is 0.600. The van der Waals surface area contributed by atoms with E-state index in [-0.39, 0.29) is 0 Å². The predicted octanol–water partition coefficient (Wildman–Crippen LogP) is 3.14. The summed E-state index contributed by atoms with van der Waals surface area (Å²) in [6.45, 7) is 6.94. The largest absolute Gasteiger partial charge is 0.382 e. The van der Waals surface area contributed by atoms with Gasteiger partial charge in [0.15, 0.2) is 0 Å². The molecule has 94 valence electrons. The summed E-state index contributed by atoms with van der Waals surface area (Å²) in [5.41, 5.74) is 2.59. The lowest BCUT2D eigenvalue weighted by Crippen LogP contribution is -2.37. The zero-order valence-corrected chi connectivity index (χ0v) is 11.2.